The molecule has 0 bridgehead atoms. The van der Waals surface area contributed by atoms with Crippen molar-refractivity contribution in [2.45, 2.75) is 52.1 Å². The molecule has 1 atom stereocenters. The van der Waals surface area contributed by atoms with Crippen LogP contribution >= 0.6 is 12.1 Å². The Bertz CT molecular complexity index is 1270. The zero-order valence-electron chi connectivity index (χ0n) is 19.6. The molecule has 4 heterocycles. The molecule has 2 aromatic heterocycles. The highest BCUT2D eigenvalue weighted by Crippen LogP contribution is 2.33. The Kier molecular flexibility index (Phi) is 6.07. The Morgan fingerprint density at radius 1 is 1.35 bits per heavy atom. The minimum absolute atomic E-state index is 0.00124. The number of aryl methyl sites for hydroxylation is 1. The van der Waals surface area contributed by atoms with Gasteiger partial charge in [0.1, 0.15) is 18.2 Å². The number of amides is 1. The molecule has 10 heteroatoms. The van der Waals surface area contributed by atoms with Gasteiger partial charge in [-0.2, -0.15) is 9.50 Å². The van der Waals surface area contributed by atoms with E-state index >= 15 is 0 Å². The molecule has 0 saturated carbocycles. The highest BCUT2D eigenvalue weighted by atomic mass is 32.2. The van der Waals surface area contributed by atoms with Gasteiger partial charge in [-0.25, -0.2) is 9.67 Å². The number of pyridine rings is 1. The lowest BCUT2D eigenvalue weighted by atomic mass is 10.0. The van der Waals surface area contributed by atoms with E-state index in [1.807, 2.05) is 40.8 Å². The maximum Gasteiger partial charge on any atom is 0.255 e. The fraction of sp³-hybridized carbons (Fsp3) is 0.417. The van der Waals surface area contributed by atoms with Crippen molar-refractivity contribution in [3.8, 4) is 5.75 Å². The van der Waals surface area contributed by atoms with Crippen LogP contribution in [0.2, 0.25) is 0 Å². The Labute approximate surface area is 203 Å². The van der Waals surface area contributed by atoms with Gasteiger partial charge in [0.2, 0.25) is 0 Å². The maximum absolute atomic E-state index is 13.8. The van der Waals surface area contributed by atoms with E-state index in [1.165, 1.54) is 12.1 Å². The number of carbonyl (C=O) groups excluding carboxylic acids is 1. The van der Waals surface area contributed by atoms with Crippen molar-refractivity contribution in [1.82, 2.24) is 19.7 Å². The van der Waals surface area contributed by atoms with Gasteiger partial charge in [-0.1, -0.05) is 6.07 Å². The minimum Gasteiger partial charge on any atom is -0.491 e. The van der Waals surface area contributed by atoms with Crippen molar-refractivity contribution in [3.63, 3.8) is 0 Å². The lowest BCUT2D eigenvalue weighted by Crippen LogP contribution is -2.46. The summed E-state index contributed by atoms with van der Waals surface area (Å²) in [6, 6.07) is 7.76. The third-order valence-corrected chi connectivity index (χ3v) is 6.91. The van der Waals surface area contributed by atoms with Crippen LogP contribution in [0.3, 0.4) is 0 Å². The highest BCUT2D eigenvalue weighted by molar-refractivity contribution is 7.99. The van der Waals surface area contributed by atoms with Crippen LogP contribution in [0.15, 0.2) is 34.9 Å². The summed E-state index contributed by atoms with van der Waals surface area (Å²) in [5.74, 6) is 1.11. The summed E-state index contributed by atoms with van der Waals surface area (Å²) in [5, 5.41) is 5.29. The first-order valence-corrected chi connectivity index (χ1v) is 12.4. The molecule has 1 fully saturated rings. The molecule has 3 aromatic rings. The summed E-state index contributed by atoms with van der Waals surface area (Å²) < 4.78 is 15.5. The molecule has 3 N–H and O–H groups in total. The number of nitrogens with two attached hydrogens (primary N) is 1. The minimum atomic E-state index is -0.0372. The SMILES string of the molecule is Cc1cc(C(=O)N2CCCC[C@@H]2COc2cccc3c2C(N)=NSN3)c2cnn(C(C)C)c2n1. The predicted molar refractivity (Wildman–Crippen MR) is 135 cm³/mol. The lowest BCUT2D eigenvalue weighted by molar-refractivity contribution is 0.0530. The van der Waals surface area contributed by atoms with Crippen LogP contribution in [0, 0.1) is 6.92 Å². The van der Waals surface area contributed by atoms with E-state index in [4.69, 9.17) is 10.5 Å². The number of carbonyl (C=O) groups is 1. The Hall–Kier alpha value is -3.27. The zero-order valence-corrected chi connectivity index (χ0v) is 20.4. The average molecular weight is 480 g/mol. The second-order valence-corrected chi connectivity index (χ2v) is 9.61. The predicted octanol–water partition coefficient (Wildman–Crippen LogP) is 4.09. The summed E-state index contributed by atoms with van der Waals surface area (Å²) in [7, 11) is 0. The van der Waals surface area contributed by atoms with Gasteiger partial charge in [0.15, 0.2) is 5.65 Å². The van der Waals surface area contributed by atoms with Crippen molar-refractivity contribution in [3.05, 3.63) is 47.3 Å². The van der Waals surface area contributed by atoms with Crippen molar-refractivity contribution < 1.29 is 9.53 Å². The number of amidine groups is 1. The van der Waals surface area contributed by atoms with Gasteiger partial charge in [0.25, 0.3) is 5.91 Å². The number of fused-ring (bicyclic) bond motifs is 2. The number of ether oxygens (including phenoxy) is 1. The summed E-state index contributed by atoms with van der Waals surface area (Å²) >= 11 is 1.20. The van der Waals surface area contributed by atoms with Gasteiger partial charge < -0.3 is 20.1 Å². The molecule has 5 rings (SSSR count). The Morgan fingerprint density at radius 2 is 2.21 bits per heavy atom. The second kappa shape index (κ2) is 9.17. The number of anilines is 1. The van der Waals surface area contributed by atoms with Gasteiger partial charge >= 0.3 is 0 Å². The molecule has 0 aliphatic carbocycles. The maximum atomic E-state index is 13.8. The number of nitrogens with one attached hydrogen (secondary N) is 1. The summed E-state index contributed by atoms with van der Waals surface area (Å²) in [6.07, 6.45) is 4.68. The normalized spacial score (nSPS) is 17.9. The molecular weight excluding hydrogens is 450 g/mol. The third-order valence-electron chi connectivity index (χ3n) is 6.32. The Balaban J connectivity index is 1.41. The summed E-state index contributed by atoms with van der Waals surface area (Å²) in [4.78, 5) is 20.4. The first kappa shape index (κ1) is 22.5. The monoisotopic (exact) mass is 479 g/mol. The molecule has 1 saturated heterocycles. The van der Waals surface area contributed by atoms with Crippen LogP contribution in [0.25, 0.3) is 11.0 Å². The molecule has 0 spiro atoms. The van der Waals surface area contributed by atoms with E-state index in [0.717, 1.165) is 47.2 Å². The van der Waals surface area contributed by atoms with E-state index in [0.29, 0.717) is 30.3 Å². The van der Waals surface area contributed by atoms with Crippen LogP contribution in [0.4, 0.5) is 5.69 Å². The van der Waals surface area contributed by atoms with Crippen LogP contribution in [0.5, 0.6) is 5.75 Å². The molecule has 1 aromatic carbocycles. The molecule has 178 valence electrons. The zero-order chi connectivity index (χ0) is 23.8. The van der Waals surface area contributed by atoms with Crippen molar-refractivity contribution >= 4 is 40.6 Å². The number of rotatable bonds is 5. The molecule has 2 aliphatic rings. The van der Waals surface area contributed by atoms with Crippen LogP contribution in [0.1, 0.15) is 60.8 Å². The van der Waals surface area contributed by atoms with Crippen LogP contribution in [-0.2, 0) is 0 Å². The van der Waals surface area contributed by atoms with Crippen LogP contribution in [-0.4, -0.2) is 50.6 Å². The molecular formula is C24H29N7O2S. The molecule has 1 amide bonds. The van der Waals surface area contributed by atoms with Crippen LogP contribution < -0.4 is 15.2 Å². The number of piperidine rings is 1. The van der Waals surface area contributed by atoms with E-state index in [1.54, 1.807) is 6.20 Å². The van der Waals surface area contributed by atoms with Gasteiger partial charge in [-0.05, 0) is 58.2 Å². The number of aromatic nitrogens is 3. The fourth-order valence-corrected chi connectivity index (χ4v) is 5.15. The number of nitrogens with zero attached hydrogens (tertiary/aromatic N) is 5. The van der Waals surface area contributed by atoms with Gasteiger partial charge in [0, 0.05) is 18.3 Å². The highest BCUT2D eigenvalue weighted by Gasteiger charge is 2.30. The number of hydrogen-bond acceptors (Lipinski definition) is 8. The van der Waals surface area contributed by atoms with Gasteiger partial charge in [0.05, 0.1) is 46.6 Å². The Morgan fingerprint density at radius 3 is 3.03 bits per heavy atom. The van der Waals surface area contributed by atoms with Gasteiger partial charge in [-0.15, -0.1) is 0 Å². The summed E-state index contributed by atoms with van der Waals surface area (Å²) in [6.45, 7) is 7.12. The quantitative estimate of drug-likeness (QED) is 0.530. The van der Waals surface area contributed by atoms with E-state index in [-0.39, 0.29) is 18.0 Å². The van der Waals surface area contributed by atoms with Gasteiger partial charge in [-0.3, -0.25) is 4.79 Å². The molecule has 2 aliphatic heterocycles. The topological polar surface area (TPSA) is 111 Å². The molecule has 34 heavy (non-hydrogen) atoms. The lowest BCUT2D eigenvalue weighted by Gasteiger charge is -2.36. The smallest absolute Gasteiger partial charge is 0.255 e. The second-order valence-electron chi connectivity index (χ2n) is 9.04. The standard InChI is InChI=1S/C24H29N7O2S/c1-14(2)31-23-18(12-26-31)17(11-15(3)27-23)24(32)30-10-5-4-7-16(30)13-33-20-9-6-8-19-21(20)22(25)29-34-28-19/h6,8-9,11-12,14,16,28H,4-5,7,10,13H2,1-3H3,(H2,25,29)/t16-/m1/s1. The summed E-state index contributed by atoms with van der Waals surface area (Å²) in [5.41, 5.74) is 9.98. The van der Waals surface area contributed by atoms with Crippen molar-refractivity contribution in [1.29, 1.82) is 0 Å². The first-order chi connectivity index (χ1) is 16.4. The number of hydrogen-bond donors (Lipinski definition) is 2. The number of likely N-dealkylation sites (tertiary alicyclic amines) is 1. The number of benzene rings is 1. The molecule has 0 unspecified atom stereocenters. The van der Waals surface area contributed by atoms with E-state index < -0.39 is 0 Å². The van der Waals surface area contributed by atoms with Crippen molar-refractivity contribution in [2.75, 3.05) is 17.9 Å². The largest absolute Gasteiger partial charge is 0.491 e. The fourth-order valence-electron chi connectivity index (χ4n) is 4.65. The molecule has 9 nitrogen and oxygen atoms in total. The average Bonchev–Trinajstić information content (AvgIpc) is 3.26. The van der Waals surface area contributed by atoms with E-state index in [9.17, 15) is 4.79 Å². The first-order valence-electron chi connectivity index (χ1n) is 11.6. The third kappa shape index (κ3) is 4.06. The van der Waals surface area contributed by atoms with E-state index in [2.05, 4.69) is 33.0 Å². The molecule has 0 radical (unpaired) electrons. The van der Waals surface area contributed by atoms with Crippen molar-refractivity contribution in [2.24, 2.45) is 10.1 Å².